The molecule has 1 amide bonds. The molecule has 0 fully saturated rings. The molecule has 1 heterocycles. The highest BCUT2D eigenvalue weighted by molar-refractivity contribution is 5.97. The van der Waals surface area contributed by atoms with Gasteiger partial charge in [0.05, 0.1) is 0 Å². The Kier molecular flexibility index (Phi) is 3.60. The molecule has 0 aliphatic rings. The highest BCUT2D eigenvalue weighted by Crippen LogP contribution is 2.35. The van der Waals surface area contributed by atoms with Crippen molar-refractivity contribution >= 4 is 5.91 Å². The fourth-order valence-electron chi connectivity index (χ4n) is 1.60. The molecule has 2 N–H and O–H groups in total. The Morgan fingerprint density at radius 3 is 2.35 bits per heavy atom. The van der Waals surface area contributed by atoms with Gasteiger partial charge in [-0.1, -0.05) is 18.2 Å². The van der Waals surface area contributed by atoms with Crippen molar-refractivity contribution in [2.75, 3.05) is 0 Å². The summed E-state index contributed by atoms with van der Waals surface area (Å²) < 4.78 is 43.7. The number of pyridine rings is 1. The number of rotatable bonds is 3. The summed E-state index contributed by atoms with van der Waals surface area (Å²) in [6.07, 6.45) is -3.88. The van der Waals surface area contributed by atoms with E-state index in [9.17, 15) is 18.0 Å². The first kappa shape index (κ1) is 13.9. The Morgan fingerprint density at radius 2 is 1.80 bits per heavy atom. The van der Waals surface area contributed by atoms with Gasteiger partial charge >= 0.3 is 6.18 Å². The summed E-state index contributed by atoms with van der Waals surface area (Å²) >= 11 is 0. The number of halogens is 3. The number of primary amides is 1. The molecule has 0 atom stereocenters. The maximum atomic E-state index is 12.8. The summed E-state index contributed by atoms with van der Waals surface area (Å²) in [5.41, 5.74) is 2.86. The highest BCUT2D eigenvalue weighted by Gasteiger charge is 2.38. The number of alkyl halides is 3. The van der Waals surface area contributed by atoms with Crippen LogP contribution in [0.1, 0.15) is 16.1 Å². The van der Waals surface area contributed by atoms with Gasteiger partial charge in [-0.05, 0) is 18.2 Å². The minimum atomic E-state index is -4.79. The van der Waals surface area contributed by atoms with Gasteiger partial charge in [0.2, 0.25) is 0 Å². The quantitative estimate of drug-likeness (QED) is 0.941. The van der Waals surface area contributed by atoms with Gasteiger partial charge in [0.25, 0.3) is 5.91 Å². The lowest BCUT2D eigenvalue weighted by atomic mass is 10.1. The van der Waals surface area contributed by atoms with E-state index in [-0.39, 0.29) is 11.5 Å². The lowest BCUT2D eigenvalue weighted by molar-refractivity contribution is -0.141. The number of hydrogen-bond donors (Lipinski definition) is 1. The van der Waals surface area contributed by atoms with Crippen molar-refractivity contribution in [1.29, 1.82) is 0 Å². The summed E-state index contributed by atoms with van der Waals surface area (Å²) in [5, 5.41) is 0. The summed E-state index contributed by atoms with van der Waals surface area (Å²) in [4.78, 5) is 14.4. The van der Waals surface area contributed by atoms with E-state index in [1.165, 1.54) is 0 Å². The molecule has 0 aliphatic carbocycles. The zero-order valence-corrected chi connectivity index (χ0v) is 10.0. The smallest absolute Gasteiger partial charge is 0.434 e. The van der Waals surface area contributed by atoms with Crippen molar-refractivity contribution < 1.29 is 22.7 Å². The maximum absolute atomic E-state index is 12.8. The number of ether oxygens (including phenoxy) is 1. The second-order valence-electron chi connectivity index (χ2n) is 3.81. The molecule has 1 aromatic heterocycles. The van der Waals surface area contributed by atoms with E-state index in [4.69, 9.17) is 10.5 Å². The third-order valence-corrected chi connectivity index (χ3v) is 2.40. The Bertz CT molecular complexity index is 627. The van der Waals surface area contributed by atoms with Gasteiger partial charge in [0.15, 0.2) is 5.69 Å². The molecule has 20 heavy (non-hydrogen) atoms. The third kappa shape index (κ3) is 2.87. The van der Waals surface area contributed by atoms with Crippen molar-refractivity contribution in [2.45, 2.75) is 6.18 Å². The van der Waals surface area contributed by atoms with Crippen LogP contribution in [0.2, 0.25) is 0 Å². The predicted molar refractivity (Wildman–Crippen MR) is 64.3 cm³/mol. The molecule has 0 saturated heterocycles. The second kappa shape index (κ2) is 5.20. The molecule has 0 saturated carbocycles. The fraction of sp³-hybridized carbons (Fsp3) is 0.0769. The van der Waals surface area contributed by atoms with Gasteiger partial charge in [0, 0.05) is 6.20 Å². The van der Waals surface area contributed by atoms with Crippen LogP contribution in [0.4, 0.5) is 13.2 Å². The first-order chi connectivity index (χ1) is 9.39. The van der Waals surface area contributed by atoms with Crippen LogP contribution in [0.25, 0.3) is 0 Å². The predicted octanol–water partition coefficient (Wildman–Crippen LogP) is 2.99. The van der Waals surface area contributed by atoms with Gasteiger partial charge in [-0.3, -0.25) is 9.78 Å². The molecule has 0 radical (unpaired) electrons. The zero-order chi connectivity index (χ0) is 14.8. The SMILES string of the molecule is NC(=O)c1c(Oc2ccccc2)ccnc1C(F)(F)F. The lowest BCUT2D eigenvalue weighted by Crippen LogP contribution is -2.21. The van der Waals surface area contributed by atoms with Gasteiger partial charge in [-0.15, -0.1) is 0 Å². The number of hydrogen-bond acceptors (Lipinski definition) is 3. The molecule has 7 heteroatoms. The van der Waals surface area contributed by atoms with Crippen LogP contribution in [-0.2, 0) is 6.18 Å². The molecule has 0 bridgehead atoms. The van der Waals surface area contributed by atoms with Crippen LogP contribution in [0, 0.1) is 0 Å². The lowest BCUT2D eigenvalue weighted by Gasteiger charge is -2.14. The van der Waals surface area contributed by atoms with Crippen molar-refractivity contribution in [3.8, 4) is 11.5 Å². The number of nitrogens with zero attached hydrogens (tertiary/aromatic N) is 1. The van der Waals surface area contributed by atoms with Crippen LogP contribution in [0.15, 0.2) is 42.6 Å². The standard InChI is InChI=1S/C13H9F3N2O2/c14-13(15,16)11-10(12(17)19)9(6-7-18-11)20-8-4-2-1-3-5-8/h1-7H,(H2,17,19). The molecular formula is C13H9F3N2O2. The van der Waals surface area contributed by atoms with Crippen molar-refractivity contribution in [1.82, 2.24) is 4.98 Å². The van der Waals surface area contributed by atoms with Gasteiger partial charge in [0.1, 0.15) is 17.1 Å². The Morgan fingerprint density at radius 1 is 1.15 bits per heavy atom. The molecule has 2 aromatic rings. The Hall–Kier alpha value is -2.57. The van der Waals surface area contributed by atoms with E-state index in [1.807, 2.05) is 0 Å². The molecule has 2 rings (SSSR count). The number of amides is 1. The fourth-order valence-corrected chi connectivity index (χ4v) is 1.60. The van der Waals surface area contributed by atoms with E-state index < -0.39 is 23.3 Å². The topological polar surface area (TPSA) is 65.2 Å². The molecule has 0 unspecified atom stereocenters. The van der Waals surface area contributed by atoms with E-state index in [0.29, 0.717) is 0 Å². The number of para-hydroxylation sites is 1. The van der Waals surface area contributed by atoms with Crippen LogP contribution >= 0.6 is 0 Å². The molecule has 0 spiro atoms. The first-order valence-corrected chi connectivity index (χ1v) is 5.48. The number of carbonyl (C=O) groups excluding carboxylic acids is 1. The average Bonchev–Trinajstić information content (AvgIpc) is 2.38. The normalized spacial score (nSPS) is 11.2. The van der Waals surface area contributed by atoms with Crippen LogP contribution in [0.3, 0.4) is 0 Å². The van der Waals surface area contributed by atoms with Crippen LogP contribution in [0.5, 0.6) is 11.5 Å². The van der Waals surface area contributed by atoms with E-state index >= 15 is 0 Å². The molecule has 4 nitrogen and oxygen atoms in total. The van der Waals surface area contributed by atoms with Crippen molar-refractivity contribution in [3.05, 3.63) is 53.9 Å². The number of carbonyl (C=O) groups is 1. The summed E-state index contributed by atoms with van der Waals surface area (Å²) in [6.45, 7) is 0. The maximum Gasteiger partial charge on any atom is 0.434 e. The molecular weight excluding hydrogens is 273 g/mol. The van der Waals surface area contributed by atoms with E-state index in [0.717, 1.165) is 12.3 Å². The number of aromatic nitrogens is 1. The van der Waals surface area contributed by atoms with Gasteiger partial charge in [-0.2, -0.15) is 13.2 Å². The minimum absolute atomic E-state index is 0.286. The minimum Gasteiger partial charge on any atom is -0.456 e. The van der Waals surface area contributed by atoms with E-state index in [2.05, 4.69) is 4.98 Å². The van der Waals surface area contributed by atoms with Crippen molar-refractivity contribution in [2.24, 2.45) is 5.73 Å². The summed E-state index contributed by atoms with van der Waals surface area (Å²) in [7, 11) is 0. The Labute approximate surface area is 112 Å². The van der Waals surface area contributed by atoms with Crippen LogP contribution < -0.4 is 10.5 Å². The van der Waals surface area contributed by atoms with E-state index in [1.54, 1.807) is 30.3 Å². The largest absolute Gasteiger partial charge is 0.456 e. The summed E-state index contributed by atoms with van der Waals surface area (Å²) in [5.74, 6) is -1.25. The second-order valence-corrected chi connectivity index (χ2v) is 3.81. The average molecular weight is 282 g/mol. The number of benzene rings is 1. The van der Waals surface area contributed by atoms with Crippen molar-refractivity contribution in [3.63, 3.8) is 0 Å². The third-order valence-electron chi connectivity index (χ3n) is 2.40. The molecule has 1 aromatic carbocycles. The number of nitrogens with two attached hydrogens (primary N) is 1. The molecule has 104 valence electrons. The van der Waals surface area contributed by atoms with Gasteiger partial charge < -0.3 is 10.5 Å². The monoisotopic (exact) mass is 282 g/mol. The molecule has 0 aliphatic heterocycles. The van der Waals surface area contributed by atoms with Gasteiger partial charge in [-0.25, -0.2) is 0 Å². The summed E-state index contributed by atoms with van der Waals surface area (Å²) in [6, 6.07) is 9.24. The highest BCUT2D eigenvalue weighted by atomic mass is 19.4. The zero-order valence-electron chi connectivity index (χ0n) is 10.0. The Balaban J connectivity index is 2.51. The van der Waals surface area contributed by atoms with Crippen LogP contribution in [-0.4, -0.2) is 10.9 Å². The first-order valence-electron chi connectivity index (χ1n) is 5.48.